The van der Waals surface area contributed by atoms with Crippen molar-refractivity contribution in [2.45, 2.75) is 245 Å². The molecule has 0 saturated carbocycles. The van der Waals surface area contributed by atoms with Gasteiger partial charge in [-0.05, 0) is 135 Å². The number of hydrogen-bond donors (Lipinski definition) is 0. The number of unbranched alkanes of at least 4 members (excludes halogenated alkanes) is 18. The molecule has 0 fully saturated rings. The Morgan fingerprint density at radius 3 is 0.928 bits per heavy atom. The lowest BCUT2D eigenvalue weighted by Crippen LogP contribution is -2.30. The number of allylic oxidation sites excluding steroid dienone is 20. The number of ether oxygens (including phenoxy) is 3. The van der Waals surface area contributed by atoms with Crippen molar-refractivity contribution in [2.75, 3.05) is 13.2 Å². The van der Waals surface area contributed by atoms with Crippen LogP contribution in [0.2, 0.25) is 0 Å². The first-order valence-electron chi connectivity index (χ1n) is 28.0. The molecule has 0 aliphatic carbocycles. The highest BCUT2D eigenvalue weighted by molar-refractivity contribution is 5.71. The Bertz CT molecular complexity index is 1470. The SMILES string of the molecule is CC/C=C\C/C=C\C/C=C\C/C=C\CCCCC(=O)OC[C@H](COC(=O)CCCCCCCCC/C=C\C/C=C\CCCCC)OC(=O)CCCCC/C=C\C/C=C\C/C=C\C/C=C\CCCCC. The molecule has 0 spiro atoms. The smallest absolute Gasteiger partial charge is 0.306 e. The summed E-state index contributed by atoms with van der Waals surface area (Å²) in [5.74, 6) is -0.997. The monoisotopic (exact) mass is 955 g/mol. The molecule has 390 valence electrons. The summed E-state index contributed by atoms with van der Waals surface area (Å²) >= 11 is 0. The Labute approximate surface area is 424 Å². The average Bonchev–Trinajstić information content (AvgIpc) is 3.35. The molecule has 0 heterocycles. The van der Waals surface area contributed by atoms with Gasteiger partial charge in [0.05, 0.1) is 0 Å². The third kappa shape index (κ3) is 54.6. The molecule has 69 heavy (non-hydrogen) atoms. The highest BCUT2D eigenvalue weighted by atomic mass is 16.6. The topological polar surface area (TPSA) is 78.9 Å². The Morgan fingerprint density at radius 1 is 0.304 bits per heavy atom. The van der Waals surface area contributed by atoms with Crippen LogP contribution in [-0.2, 0) is 28.6 Å². The molecule has 0 N–H and O–H groups in total. The van der Waals surface area contributed by atoms with Gasteiger partial charge < -0.3 is 14.2 Å². The molecule has 0 amide bonds. The summed E-state index contributed by atoms with van der Waals surface area (Å²) in [5, 5.41) is 0. The minimum atomic E-state index is -0.819. The Hall–Kier alpha value is -4.19. The predicted octanol–water partition coefficient (Wildman–Crippen LogP) is 18.9. The second-order valence-electron chi connectivity index (χ2n) is 18.1. The number of carbonyl (C=O) groups excluding carboxylic acids is 3. The van der Waals surface area contributed by atoms with Gasteiger partial charge in [-0.3, -0.25) is 14.4 Å². The van der Waals surface area contributed by atoms with E-state index in [-0.39, 0.29) is 37.5 Å². The first-order valence-corrected chi connectivity index (χ1v) is 28.0. The van der Waals surface area contributed by atoms with Crippen LogP contribution in [0.15, 0.2) is 122 Å². The molecule has 0 bridgehead atoms. The van der Waals surface area contributed by atoms with Gasteiger partial charge >= 0.3 is 17.9 Å². The maximum absolute atomic E-state index is 12.8. The number of carbonyl (C=O) groups is 3. The Morgan fingerprint density at radius 2 is 0.565 bits per heavy atom. The number of hydrogen-bond acceptors (Lipinski definition) is 6. The van der Waals surface area contributed by atoms with E-state index in [9.17, 15) is 14.4 Å². The molecule has 6 heteroatoms. The highest BCUT2D eigenvalue weighted by Crippen LogP contribution is 2.13. The zero-order chi connectivity index (χ0) is 50.0. The minimum absolute atomic E-state index is 0.112. The summed E-state index contributed by atoms with van der Waals surface area (Å²) in [5.41, 5.74) is 0. The minimum Gasteiger partial charge on any atom is -0.462 e. The molecule has 0 rings (SSSR count). The summed E-state index contributed by atoms with van der Waals surface area (Å²) in [7, 11) is 0. The van der Waals surface area contributed by atoms with Crippen LogP contribution in [0.25, 0.3) is 0 Å². The first-order chi connectivity index (χ1) is 34.0. The van der Waals surface area contributed by atoms with Crippen molar-refractivity contribution in [2.24, 2.45) is 0 Å². The zero-order valence-electron chi connectivity index (χ0n) is 44.5. The van der Waals surface area contributed by atoms with E-state index in [0.29, 0.717) is 25.7 Å². The summed E-state index contributed by atoms with van der Waals surface area (Å²) in [6.07, 6.45) is 77.5. The Balaban J connectivity index is 4.54. The normalized spacial score (nSPS) is 13.0. The molecule has 0 aliphatic rings. The van der Waals surface area contributed by atoms with Gasteiger partial charge in [0.2, 0.25) is 0 Å². The van der Waals surface area contributed by atoms with Crippen LogP contribution in [0.4, 0.5) is 0 Å². The lowest BCUT2D eigenvalue weighted by molar-refractivity contribution is -0.167. The van der Waals surface area contributed by atoms with Crippen molar-refractivity contribution in [3.05, 3.63) is 122 Å². The summed E-state index contributed by atoms with van der Waals surface area (Å²) in [6.45, 7) is 6.39. The number of esters is 3. The fourth-order valence-electron chi connectivity index (χ4n) is 7.21. The van der Waals surface area contributed by atoms with E-state index in [1.165, 1.54) is 77.0 Å². The molecular weight excluding hydrogens is 853 g/mol. The summed E-state index contributed by atoms with van der Waals surface area (Å²) in [4.78, 5) is 38.1. The molecule has 0 aromatic rings. The van der Waals surface area contributed by atoms with E-state index in [1.54, 1.807) is 0 Å². The molecule has 0 saturated heterocycles. The molecule has 0 aromatic heterocycles. The number of rotatable bonds is 49. The van der Waals surface area contributed by atoms with Gasteiger partial charge in [0.25, 0.3) is 0 Å². The third-order valence-corrected chi connectivity index (χ3v) is 11.4. The van der Waals surface area contributed by atoms with Gasteiger partial charge in [-0.25, -0.2) is 0 Å². The van der Waals surface area contributed by atoms with Crippen LogP contribution in [0, 0.1) is 0 Å². The summed E-state index contributed by atoms with van der Waals surface area (Å²) < 4.78 is 16.8. The van der Waals surface area contributed by atoms with Crippen LogP contribution in [0.1, 0.15) is 239 Å². The van der Waals surface area contributed by atoms with Crippen molar-refractivity contribution in [1.29, 1.82) is 0 Å². The van der Waals surface area contributed by atoms with Gasteiger partial charge in [0, 0.05) is 19.3 Å². The van der Waals surface area contributed by atoms with Crippen molar-refractivity contribution >= 4 is 17.9 Å². The highest BCUT2D eigenvalue weighted by Gasteiger charge is 2.19. The van der Waals surface area contributed by atoms with Crippen molar-refractivity contribution in [3.8, 4) is 0 Å². The molecule has 1 atom stereocenters. The van der Waals surface area contributed by atoms with Gasteiger partial charge in [0.15, 0.2) is 6.10 Å². The largest absolute Gasteiger partial charge is 0.462 e. The van der Waals surface area contributed by atoms with Crippen LogP contribution in [0.5, 0.6) is 0 Å². The zero-order valence-corrected chi connectivity index (χ0v) is 44.5. The predicted molar refractivity (Wildman–Crippen MR) is 297 cm³/mol. The van der Waals surface area contributed by atoms with Crippen LogP contribution < -0.4 is 0 Å². The Kier molecular flexibility index (Phi) is 53.0. The van der Waals surface area contributed by atoms with Gasteiger partial charge in [-0.1, -0.05) is 206 Å². The average molecular weight is 956 g/mol. The molecule has 6 nitrogen and oxygen atoms in total. The van der Waals surface area contributed by atoms with E-state index < -0.39 is 6.10 Å². The van der Waals surface area contributed by atoms with Gasteiger partial charge in [-0.15, -0.1) is 0 Å². The standard InChI is InChI=1S/C63H102O6/c1-4-7-10-13-16-19-22-25-28-30-31-33-36-39-42-45-48-51-54-57-63(66)69-60(58-67-61(64)55-52-49-46-43-40-37-34-27-24-21-18-15-12-9-6-3)59-68-62(65)56-53-50-47-44-41-38-35-32-29-26-23-20-17-14-11-8-5-2/h9,12,16-21,25-29,31,33-34,39-40,42-43,60H,4-8,10-11,13-15,22-24,30,32,35-38,41,44-59H2,1-3H3/b12-9-,19-16-,20-17-,21-18-,28-25-,29-26-,33-31-,34-27-,42-39-,43-40-/t60-/m1/s1. The van der Waals surface area contributed by atoms with Crippen LogP contribution >= 0.6 is 0 Å². The summed E-state index contributed by atoms with van der Waals surface area (Å²) in [6, 6.07) is 0. The van der Waals surface area contributed by atoms with Gasteiger partial charge in [0.1, 0.15) is 13.2 Å². The van der Waals surface area contributed by atoms with E-state index >= 15 is 0 Å². The quantitative estimate of drug-likeness (QED) is 0.0262. The van der Waals surface area contributed by atoms with E-state index in [2.05, 4.69) is 142 Å². The van der Waals surface area contributed by atoms with Crippen LogP contribution in [-0.4, -0.2) is 37.2 Å². The lowest BCUT2D eigenvalue weighted by Gasteiger charge is -2.18. The van der Waals surface area contributed by atoms with E-state index in [1.807, 2.05) is 0 Å². The first kappa shape index (κ1) is 64.8. The molecular formula is C63H102O6. The molecule has 0 aliphatic heterocycles. The molecule has 0 unspecified atom stereocenters. The second-order valence-corrected chi connectivity index (χ2v) is 18.1. The van der Waals surface area contributed by atoms with Crippen molar-refractivity contribution < 1.29 is 28.6 Å². The van der Waals surface area contributed by atoms with E-state index in [4.69, 9.17) is 14.2 Å². The third-order valence-electron chi connectivity index (χ3n) is 11.4. The van der Waals surface area contributed by atoms with Crippen molar-refractivity contribution in [1.82, 2.24) is 0 Å². The maximum Gasteiger partial charge on any atom is 0.306 e. The fraction of sp³-hybridized carbons (Fsp3) is 0.635. The van der Waals surface area contributed by atoms with Crippen molar-refractivity contribution in [3.63, 3.8) is 0 Å². The van der Waals surface area contributed by atoms with E-state index in [0.717, 1.165) is 109 Å². The van der Waals surface area contributed by atoms with Crippen LogP contribution in [0.3, 0.4) is 0 Å². The van der Waals surface area contributed by atoms with Gasteiger partial charge in [-0.2, -0.15) is 0 Å². The fourth-order valence-corrected chi connectivity index (χ4v) is 7.21. The second kappa shape index (κ2) is 56.4. The maximum atomic E-state index is 12.8. The molecule has 0 radical (unpaired) electrons. The lowest BCUT2D eigenvalue weighted by atomic mass is 10.1. The molecule has 0 aromatic carbocycles.